The second-order valence-electron chi connectivity index (χ2n) is 3.77. The summed E-state index contributed by atoms with van der Waals surface area (Å²) in [6.07, 6.45) is 2.49. The molecular weight excluding hydrogens is 190 g/mol. The molecule has 0 saturated heterocycles. The average Bonchev–Trinajstić information content (AvgIpc) is 2.66. The number of hydrogen-bond donors (Lipinski definition) is 1. The first kappa shape index (κ1) is 10.1. The summed E-state index contributed by atoms with van der Waals surface area (Å²) in [5, 5.41) is 1.01. The van der Waals surface area contributed by atoms with Crippen LogP contribution < -0.4 is 10.5 Å². The second-order valence-corrected chi connectivity index (χ2v) is 3.77. The zero-order valence-corrected chi connectivity index (χ0v) is 8.99. The van der Waals surface area contributed by atoms with Crippen molar-refractivity contribution < 1.29 is 9.15 Å². The Morgan fingerprint density at radius 2 is 2.20 bits per heavy atom. The van der Waals surface area contributed by atoms with Crippen LogP contribution >= 0.6 is 0 Å². The molecular formula is C12H15NO2. The van der Waals surface area contributed by atoms with Crippen LogP contribution in [0.3, 0.4) is 0 Å². The first-order valence-corrected chi connectivity index (χ1v) is 5.01. The van der Waals surface area contributed by atoms with E-state index in [1.54, 1.807) is 13.4 Å². The van der Waals surface area contributed by atoms with Gasteiger partial charge in [0.25, 0.3) is 0 Å². The molecule has 1 aromatic heterocycles. The molecule has 0 bridgehead atoms. The fraction of sp³-hybridized carbons (Fsp3) is 0.333. The summed E-state index contributed by atoms with van der Waals surface area (Å²) < 4.78 is 10.7. The highest BCUT2D eigenvalue weighted by atomic mass is 16.5. The number of rotatable bonds is 3. The fourth-order valence-electron chi connectivity index (χ4n) is 1.78. The lowest BCUT2D eigenvalue weighted by molar-refractivity contribution is 0.419. The molecule has 2 rings (SSSR count). The van der Waals surface area contributed by atoms with E-state index in [2.05, 4.69) is 0 Å². The van der Waals surface area contributed by atoms with E-state index in [0.717, 1.165) is 28.7 Å². The normalized spacial score (nSPS) is 13.0. The van der Waals surface area contributed by atoms with Crippen LogP contribution in [0, 0.1) is 0 Å². The number of ether oxygens (including phenoxy) is 1. The van der Waals surface area contributed by atoms with Gasteiger partial charge in [0.2, 0.25) is 0 Å². The van der Waals surface area contributed by atoms with Crippen LogP contribution in [-0.2, 0) is 6.42 Å². The van der Waals surface area contributed by atoms with Crippen LogP contribution in [0.2, 0.25) is 0 Å². The number of hydrogen-bond acceptors (Lipinski definition) is 3. The molecule has 2 aromatic rings. The third-order valence-corrected chi connectivity index (χ3v) is 2.42. The predicted octanol–water partition coefficient (Wildman–Crippen LogP) is 2.33. The van der Waals surface area contributed by atoms with E-state index < -0.39 is 0 Å². The Morgan fingerprint density at radius 3 is 2.87 bits per heavy atom. The molecule has 3 heteroatoms. The lowest BCUT2D eigenvalue weighted by Gasteiger charge is -2.07. The maximum absolute atomic E-state index is 5.78. The molecule has 3 nitrogen and oxygen atoms in total. The smallest absolute Gasteiger partial charge is 0.140 e. The Hall–Kier alpha value is -1.48. The molecule has 0 fully saturated rings. The lowest BCUT2D eigenvalue weighted by atomic mass is 10.0. The van der Waals surface area contributed by atoms with Crippen molar-refractivity contribution in [2.75, 3.05) is 7.11 Å². The van der Waals surface area contributed by atoms with Crippen molar-refractivity contribution >= 4 is 11.0 Å². The van der Waals surface area contributed by atoms with E-state index in [-0.39, 0.29) is 6.04 Å². The third kappa shape index (κ3) is 1.83. The van der Waals surface area contributed by atoms with Gasteiger partial charge >= 0.3 is 0 Å². The van der Waals surface area contributed by atoms with Crippen LogP contribution in [0.4, 0.5) is 0 Å². The quantitative estimate of drug-likeness (QED) is 0.836. The summed E-state index contributed by atoms with van der Waals surface area (Å²) in [6.45, 7) is 1.99. The highest BCUT2D eigenvalue weighted by Gasteiger charge is 2.10. The van der Waals surface area contributed by atoms with Gasteiger partial charge in [0.1, 0.15) is 11.3 Å². The molecule has 0 aliphatic rings. The van der Waals surface area contributed by atoms with Gasteiger partial charge in [-0.3, -0.25) is 0 Å². The molecule has 15 heavy (non-hydrogen) atoms. The van der Waals surface area contributed by atoms with E-state index in [1.165, 1.54) is 0 Å². The first-order chi connectivity index (χ1) is 7.22. The molecule has 0 amide bonds. The maximum atomic E-state index is 5.78. The van der Waals surface area contributed by atoms with Crippen molar-refractivity contribution in [1.29, 1.82) is 0 Å². The van der Waals surface area contributed by atoms with Crippen molar-refractivity contribution in [3.05, 3.63) is 30.0 Å². The summed E-state index contributed by atoms with van der Waals surface area (Å²) in [6, 6.07) is 6.01. The zero-order valence-electron chi connectivity index (χ0n) is 8.99. The summed E-state index contributed by atoms with van der Waals surface area (Å²) in [7, 11) is 1.66. The van der Waals surface area contributed by atoms with E-state index in [0.29, 0.717) is 0 Å². The maximum Gasteiger partial charge on any atom is 0.140 e. The number of fused-ring (bicyclic) bond motifs is 1. The summed E-state index contributed by atoms with van der Waals surface area (Å²) >= 11 is 0. The largest absolute Gasteiger partial charge is 0.496 e. The van der Waals surface area contributed by atoms with Crippen LogP contribution in [0.5, 0.6) is 5.75 Å². The highest BCUT2D eigenvalue weighted by molar-refractivity contribution is 5.86. The molecule has 1 heterocycles. The molecule has 0 spiro atoms. The molecule has 0 aliphatic heterocycles. The Labute approximate surface area is 88.8 Å². The number of furan rings is 1. The van der Waals surface area contributed by atoms with Gasteiger partial charge in [-0.05, 0) is 31.0 Å². The first-order valence-electron chi connectivity index (χ1n) is 5.01. The lowest BCUT2D eigenvalue weighted by Crippen LogP contribution is -2.17. The van der Waals surface area contributed by atoms with Gasteiger partial charge in [0.05, 0.1) is 18.8 Å². The Balaban J connectivity index is 2.53. The topological polar surface area (TPSA) is 48.4 Å². The van der Waals surface area contributed by atoms with Crippen molar-refractivity contribution in [3.63, 3.8) is 0 Å². The second kappa shape index (κ2) is 3.95. The van der Waals surface area contributed by atoms with Crippen molar-refractivity contribution in [1.82, 2.24) is 0 Å². The number of benzene rings is 1. The van der Waals surface area contributed by atoms with Gasteiger partial charge < -0.3 is 14.9 Å². The Bertz CT molecular complexity index is 460. The van der Waals surface area contributed by atoms with Gasteiger partial charge in [0.15, 0.2) is 0 Å². The average molecular weight is 205 g/mol. The minimum atomic E-state index is 0.131. The summed E-state index contributed by atoms with van der Waals surface area (Å²) in [5.74, 6) is 0.840. The van der Waals surface area contributed by atoms with E-state index >= 15 is 0 Å². The van der Waals surface area contributed by atoms with Crippen molar-refractivity contribution in [2.24, 2.45) is 5.73 Å². The third-order valence-electron chi connectivity index (χ3n) is 2.42. The molecule has 1 atom stereocenters. The van der Waals surface area contributed by atoms with Crippen LogP contribution in [0.1, 0.15) is 12.5 Å². The van der Waals surface area contributed by atoms with Crippen LogP contribution in [-0.4, -0.2) is 13.2 Å². The van der Waals surface area contributed by atoms with Gasteiger partial charge in [-0.2, -0.15) is 0 Å². The van der Waals surface area contributed by atoms with Gasteiger partial charge in [-0.15, -0.1) is 0 Å². The van der Waals surface area contributed by atoms with Crippen LogP contribution in [0.15, 0.2) is 28.9 Å². The van der Waals surface area contributed by atoms with Crippen molar-refractivity contribution in [2.45, 2.75) is 19.4 Å². The number of nitrogens with two attached hydrogens (primary N) is 1. The predicted molar refractivity (Wildman–Crippen MR) is 60.1 cm³/mol. The van der Waals surface area contributed by atoms with E-state index in [9.17, 15) is 0 Å². The van der Waals surface area contributed by atoms with E-state index in [1.807, 2.05) is 25.1 Å². The summed E-state index contributed by atoms with van der Waals surface area (Å²) in [4.78, 5) is 0. The summed E-state index contributed by atoms with van der Waals surface area (Å²) in [5.41, 5.74) is 7.79. The van der Waals surface area contributed by atoms with Gasteiger partial charge in [-0.25, -0.2) is 0 Å². The molecule has 1 unspecified atom stereocenters. The number of methoxy groups -OCH3 is 1. The molecule has 1 aromatic carbocycles. The van der Waals surface area contributed by atoms with E-state index in [4.69, 9.17) is 14.9 Å². The minimum Gasteiger partial charge on any atom is -0.496 e. The molecule has 0 saturated carbocycles. The Morgan fingerprint density at radius 1 is 1.40 bits per heavy atom. The Kier molecular flexibility index (Phi) is 2.64. The molecule has 0 radical (unpaired) electrons. The molecule has 80 valence electrons. The highest BCUT2D eigenvalue weighted by Crippen LogP contribution is 2.29. The van der Waals surface area contributed by atoms with Gasteiger partial charge in [-0.1, -0.05) is 6.07 Å². The van der Waals surface area contributed by atoms with Crippen LogP contribution in [0.25, 0.3) is 11.0 Å². The van der Waals surface area contributed by atoms with Crippen molar-refractivity contribution in [3.8, 4) is 5.75 Å². The molecule has 0 aliphatic carbocycles. The standard InChI is InChI=1S/C12H15NO2/c1-8(13)7-9-3-4-11(14-2)10-5-6-15-12(9)10/h3-6,8H,7,13H2,1-2H3. The molecule has 2 N–H and O–H groups in total. The monoisotopic (exact) mass is 205 g/mol. The zero-order chi connectivity index (χ0) is 10.8. The minimum absolute atomic E-state index is 0.131. The van der Waals surface area contributed by atoms with Gasteiger partial charge in [0, 0.05) is 6.04 Å². The SMILES string of the molecule is COc1ccc(CC(C)N)c2occc12. The fourth-order valence-corrected chi connectivity index (χ4v) is 1.78.